The molecule has 9 nitrogen and oxygen atoms in total. The van der Waals surface area contributed by atoms with Gasteiger partial charge in [-0.05, 0) is 36.8 Å². The number of rotatable bonds is 8. The molecule has 0 radical (unpaired) electrons. The van der Waals surface area contributed by atoms with Crippen LogP contribution >= 0.6 is 23.4 Å². The third-order valence-corrected chi connectivity index (χ3v) is 5.81. The molecule has 0 spiro atoms. The van der Waals surface area contributed by atoms with Gasteiger partial charge < -0.3 is 25.1 Å². The molecule has 0 bridgehead atoms. The standard InChI is InChI=1S/C21H20ClN5O4S/c1-12(23-19(29)15-5-3-4-6-16(15)22)18-25-26-21(27(18)2)32-11-17(28)24-14-9-7-13(8-10-14)20(30)31/h3-10,12H,11H2,1-2H3,(H,23,29)(H,24,28)(H,30,31)/p-1/t12-/m1/s1. The number of hydrogen-bond donors (Lipinski definition) is 2. The molecule has 2 amide bonds. The van der Waals surface area contributed by atoms with Crippen molar-refractivity contribution in [2.45, 2.75) is 18.1 Å². The van der Waals surface area contributed by atoms with Gasteiger partial charge in [-0.15, -0.1) is 10.2 Å². The van der Waals surface area contributed by atoms with E-state index in [0.29, 0.717) is 27.3 Å². The number of nitrogens with one attached hydrogen (secondary N) is 2. The first-order valence-corrected chi connectivity index (χ1v) is 10.8. The molecule has 1 heterocycles. The molecule has 0 saturated heterocycles. The Morgan fingerprint density at radius 1 is 1.12 bits per heavy atom. The second-order valence-electron chi connectivity index (χ2n) is 6.78. The topological polar surface area (TPSA) is 129 Å². The number of benzene rings is 2. The number of aromatic carboxylic acids is 1. The number of amides is 2. The zero-order valence-electron chi connectivity index (χ0n) is 17.2. The molecule has 2 aromatic carbocycles. The van der Waals surface area contributed by atoms with E-state index in [1.54, 1.807) is 42.8 Å². The maximum absolute atomic E-state index is 12.5. The van der Waals surface area contributed by atoms with Crippen LogP contribution in [0.4, 0.5) is 5.69 Å². The zero-order chi connectivity index (χ0) is 23.3. The van der Waals surface area contributed by atoms with Gasteiger partial charge in [-0.1, -0.05) is 47.6 Å². The number of anilines is 1. The van der Waals surface area contributed by atoms with E-state index in [0.717, 1.165) is 0 Å². The summed E-state index contributed by atoms with van der Waals surface area (Å²) in [6.07, 6.45) is 0. The summed E-state index contributed by atoms with van der Waals surface area (Å²) < 4.78 is 1.70. The normalized spacial score (nSPS) is 11.6. The molecule has 0 aliphatic rings. The number of thioether (sulfide) groups is 1. The summed E-state index contributed by atoms with van der Waals surface area (Å²) in [6, 6.07) is 12.0. The lowest BCUT2D eigenvalue weighted by atomic mass is 10.2. The zero-order valence-corrected chi connectivity index (χ0v) is 18.7. The molecular weight excluding hydrogens is 454 g/mol. The molecule has 0 fully saturated rings. The van der Waals surface area contributed by atoms with Crippen LogP contribution in [0.25, 0.3) is 0 Å². The first-order chi connectivity index (χ1) is 15.3. The first-order valence-electron chi connectivity index (χ1n) is 9.45. The summed E-state index contributed by atoms with van der Waals surface area (Å²) in [5.41, 5.74) is 0.858. The first kappa shape index (κ1) is 23.3. The van der Waals surface area contributed by atoms with E-state index in [9.17, 15) is 19.5 Å². The van der Waals surface area contributed by atoms with E-state index in [-0.39, 0.29) is 23.1 Å². The van der Waals surface area contributed by atoms with Gasteiger partial charge in [0.1, 0.15) is 0 Å². The fourth-order valence-corrected chi connectivity index (χ4v) is 3.77. The molecule has 0 unspecified atom stereocenters. The van der Waals surface area contributed by atoms with Crippen LogP contribution in [0.2, 0.25) is 5.02 Å². The minimum atomic E-state index is -1.28. The van der Waals surface area contributed by atoms with E-state index in [1.165, 1.54) is 36.0 Å². The summed E-state index contributed by atoms with van der Waals surface area (Å²) >= 11 is 7.25. The maximum atomic E-state index is 12.5. The Bertz CT molecular complexity index is 1150. The van der Waals surface area contributed by atoms with E-state index >= 15 is 0 Å². The molecular formula is C21H19ClN5O4S-. The molecule has 11 heteroatoms. The highest BCUT2D eigenvalue weighted by Crippen LogP contribution is 2.21. The van der Waals surface area contributed by atoms with Gasteiger partial charge in [0.05, 0.1) is 28.4 Å². The van der Waals surface area contributed by atoms with Crippen molar-refractivity contribution in [2.75, 3.05) is 11.1 Å². The highest BCUT2D eigenvalue weighted by molar-refractivity contribution is 7.99. The number of carbonyl (C=O) groups excluding carboxylic acids is 3. The molecule has 0 aliphatic heterocycles. The number of carbonyl (C=O) groups is 3. The van der Waals surface area contributed by atoms with Gasteiger partial charge >= 0.3 is 0 Å². The summed E-state index contributed by atoms with van der Waals surface area (Å²) in [7, 11) is 1.74. The maximum Gasteiger partial charge on any atom is 0.253 e. The second-order valence-corrected chi connectivity index (χ2v) is 8.13. The van der Waals surface area contributed by atoms with E-state index in [1.807, 2.05) is 0 Å². The number of halogens is 1. The Balaban J connectivity index is 1.57. The lowest BCUT2D eigenvalue weighted by Gasteiger charge is -2.14. The quantitative estimate of drug-likeness (QED) is 0.480. The molecule has 3 rings (SSSR count). The monoisotopic (exact) mass is 472 g/mol. The average molecular weight is 473 g/mol. The number of carboxylic acids is 1. The van der Waals surface area contributed by atoms with Crippen LogP contribution in [-0.4, -0.2) is 38.3 Å². The summed E-state index contributed by atoms with van der Waals surface area (Å²) in [4.78, 5) is 35.4. The molecule has 166 valence electrons. The third-order valence-electron chi connectivity index (χ3n) is 4.46. The van der Waals surface area contributed by atoms with Crippen molar-refractivity contribution in [3.8, 4) is 0 Å². The minimum absolute atomic E-state index is 0.0275. The second kappa shape index (κ2) is 10.3. The van der Waals surface area contributed by atoms with Crippen molar-refractivity contribution in [1.82, 2.24) is 20.1 Å². The Hall–Kier alpha value is -3.37. The highest BCUT2D eigenvalue weighted by Gasteiger charge is 2.20. The van der Waals surface area contributed by atoms with Crippen molar-refractivity contribution < 1.29 is 19.5 Å². The van der Waals surface area contributed by atoms with Crippen LogP contribution < -0.4 is 15.7 Å². The predicted octanol–water partition coefficient (Wildman–Crippen LogP) is 2.05. The molecule has 3 aromatic rings. The van der Waals surface area contributed by atoms with E-state index < -0.39 is 12.0 Å². The van der Waals surface area contributed by atoms with Gasteiger partial charge in [0.25, 0.3) is 5.91 Å². The van der Waals surface area contributed by atoms with Crippen molar-refractivity contribution in [2.24, 2.45) is 7.05 Å². The lowest BCUT2D eigenvalue weighted by Crippen LogP contribution is -2.28. The summed E-state index contributed by atoms with van der Waals surface area (Å²) in [6.45, 7) is 1.77. The van der Waals surface area contributed by atoms with Gasteiger partial charge in [0.15, 0.2) is 11.0 Å². The number of hydrogen-bond acceptors (Lipinski definition) is 7. The fourth-order valence-electron chi connectivity index (χ4n) is 2.83. The Morgan fingerprint density at radius 3 is 2.47 bits per heavy atom. The van der Waals surface area contributed by atoms with Crippen LogP contribution in [0.3, 0.4) is 0 Å². The SMILES string of the molecule is C[C@@H](NC(=O)c1ccccc1Cl)c1nnc(SCC(=O)Nc2ccc(C(=O)[O-])cc2)n1C. The van der Waals surface area contributed by atoms with E-state index in [2.05, 4.69) is 20.8 Å². The van der Waals surface area contributed by atoms with Gasteiger partial charge in [-0.3, -0.25) is 9.59 Å². The van der Waals surface area contributed by atoms with Crippen molar-refractivity contribution in [3.05, 3.63) is 70.5 Å². The fraction of sp³-hybridized carbons (Fsp3) is 0.190. The van der Waals surface area contributed by atoms with Gasteiger partial charge in [0, 0.05) is 12.7 Å². The Labute approximate surface area is 193 Å². The van der Waals surface area contributed by atoms with Gasteiger partial charge in [-0.2, -0.15) is 0 Å². The third kappa shape index (κ3) is 5.65. The smallest absolute Gasteiger partial charge is 0.253 e. The molecule has 1 aromatic heterocycles. The van der Waals surface area contributed by atoms with Gasteiger partial charge in [0.2, 0.25) is 5.91 Å². The van der Waals surface area contributed by atoms with Gasteiger partial charge in [-0.25, -0.2) is 0 Å². The number of nitrogens with zero attached hydrogens (tertiary/aromatic N) is 3. The largest absolute Gasteiger partial charge is 0.545 e. The van der Waals surface area contributed by atoms with E-state index in [4.69, 9.17) is 11.6 Å². The predicted molar refractivity (Wildman–Crippen MR) is 118 cm³/mol. The van der Waals surface area contributed by atoms with Crippen molar-refractivity contribution in [1.29, 1.82) is 0 Å². The van der Waals surface area contributed by atoms with Crippen LogP contribution in [0, 0.1) is 0 Å². The average Bonchev–Trinajstić information content (AvgIpc) is 3.13. The molecule has 1 atom stereocenters. The Kier molecular flexibility index (Phi) is 7.49. The van der Waals surface area contributed by atoms with Crippen LogP contribution in [0.15, 0.2) is 53.7 Å². The number of carboxylic acid groups (broad SMARTS) is 1. The Morgan fingerprint density at radius 2 is 1.81 bits per heavy atom. The molecule has 0 aliphatic carbocycles. The molecule has 0 saturated carbocycles. The lowest BCUT2D eigenvalue weighted by molar-refractivity contribution is -0.255. The van der Waals surface area contributed by atoms with Crippen LogP contribution in [0.5, 0.6) is 0 Å². The molecule has 2 N–H and O–H groups in total. The minimum Gasteiger partial charge on any atom is -0.545 e. The summed E-state index contributed by atoms with van der Waals surface area (Å²) in [5.74, 6) is -1.32. The van der Waals surface area contributed by atoms with Crippen LogP contribution in [0.1, 0.15) is 39.5 Å². The van der Waals surface area contributed by atoms with Crippen molar-refractivity contribution >= 4 is 46.8 Å². The molecule has 32 heavy (non-hydrogen) atoms. The summed E-state index contributed by atoms with van der Waals surface area (Å²) in [5, 5.41) is 25.4. The number of aromatic nitrogens is 3. The van der Waals surface area contributed by atoms with Crippen molar-refractivity contribution in [3.63, 3.8) is 0 Å². The van der Waals surface area contributed by atoms with Crippen LogP contribution in [-0.2, 0) is 11.8 Å². The highest BCUT2D eigenvalue weighted by atomic mass is 35.5.